The standard InChI is InChI=1S/C21H27N5O3/c1-21(2,11-22)18(23)12-8-9-25(10-12)15-7-6-14-16(17(15)29-3)26(13-4-5-13)20(28)24-19(14)27/h6-7,12-13,18H,4-5,8-10,23H2,1-3H3,(H,24,27,28). The Bertz CT molecular complexity index is 1110. The molecule has 0 spiro atoms. The monoisotopic (exact) mass is 397 g/mol. The van der Waals surface area contributed by atoms with E-state index in [-0.39, 0.29) is 18.0 Å². The van der Waals surface area contributed by atoms with Crippen LogP contribution < -0.4 is 26.6 Å². The molecule has 1 aromatic carbocycles. The summed E-state index contributed by atoms with van der Waals surface area (Å²) >= 11 is 0. The molecule has 8 nitrogen and oxygen atoms in total. The van der Waals surface area contributed by atoms with Crippen molar-refractivity contribution in [1.82, 2.24) is 9.55 Å². The summed E-state index contributed by atoms with van der Waals surface area (Å²) in [4.78, 5) is 29.5. The molecular weight excluding hydrogens is 370 g/mol. The SMILES string of the molecule is COc1c(N2CCC(C(N)C(C)(C)C#N)C2)ccc2c(=O)[nH]c(=O)n(C3CC3)c12. The fourth-order valence-corrected chi connectivity index (χ4v) is 4.40. The zero-order valence-electron chi connectivity index (χ0n) is 17.1. The van der Waals surface area contributed by atoms with Gasteiger partial charge < -0.3 is 15.4 Å². The van der Waals surface area contributed by atoms with Crippen LogP contribution >= 0.6 is 0 Å². The fraction of sp³-hybridized carbons (Fsp3) is 0.571. The van der Waals surface area contributed by atoms with Crippen molar-refractivity contribution in [2.24, 2.45) is 17.1 Å². The van der Waals surface area contributed by atoms with Crippen molar-refractivity contribution in [3.63, 3.8) is 0 Å². The molecule has 1 saturated heterocycles. The molecule has 1 aromatic heterocycles. The maximum atomic E-state index is 12.5. The van der Waals surface area contributed by atoms with E-state index in [9.17, 15) is 14.9 Å². The van der Waals surface area contributed by atoms with Crippen molar-refractivity contribution in [2.45, 2.75) is 45.2 Å². The van der Waals surface area contributed by atoms with Gasteiger partial charge in [-0.3, -0.25) is 14.3 Å². The summed E-state index contributed by atoms with van der Waals surface area (Å²) in [5, 5.41) is 9.87. The van der Waals surface area contributed by atoms with Crippen molar-refractivity contribution >= 4 is 16.6 Å². The van der Waals surface area contributed by atoms with Crippen LogP contribution in [0.25, 0.3) is 10.9 Å². The summed E-state index contributed by atoms with van der Waals surface area (Å²) < 4.78 is 7.41. The van der Waals surface area contributed by atoms with Crippen LogP contribution in [0.1, 0.15) is 39.2 Å². The van der Waals surface area contributed by atoms with Crippen molar-refractivity contribution in [2.75, 3.05) is 25.1 Å². The molecule has 29 heavy (non-hydrogen) atoms. The van der Waals surface area contributed by atoms with Gasteiger partial charge in [0.2, 0.25) is 0 Å². The van der Waals surface area contributed by atoms with Crippen LogP contribution in [-0.2, 0) is 0 Å². The number of anilines is 1. The van der Waals surface area contributed by atoms with E-state index in [1.54, 1.807) is 17.7 Å². The van der Waals surface area contributed by atoms with Gasteiger partial charge >= 0.3 is 5.69 Å². The molecule has 2 unspecified atom stereocenters. The van der Waals surface area contributed by atoms with Gasteiger partial charge in [-0.25, -0.2) is 4.79 Å². The van der Waals surface area contributed by atoms with Crippen molar-refractivity contribution < 1.29 is 4.74 Å². The Kier molecular flexibility index (Phi) is 4.66. The molecule has 8 heteroatoms. The number of H-pyrrole nitrogens is 1. The predicted octanol–water partition coefficient (Wildman–Crippen LogP) is 1.74. The normalized spacial score (nSPS) is 20.7. The Morgan fingerprint density at radius 1 is 1.31 bits per heavy atom. The summed E-state index contributed by atoms with van der Waals surface area (Å²) in [6, 6.07) is 5.81. The zero-order chi connectivity index (χ0) is 20.9. The van der Waals surface area contributed by atoms with Crippen LogP contribution in [0.5, 0.6) is 5.75 Å². The van der Waals surface area contributed by atoms with E-state index in [1.807, 2.05) is 19.9 Å². The number of nitrogens with zero attached hydrogens (tertiary/aromatic N) is 3. The highest BCUT2D eigenvalue weighted by Gasteiger charge is 2.38. The lowest BCUT2D eigenvalue weighted by atomic mass is 9.79. The van der Waals surface area contributed by atoms with Crippen LogP contribution in [0.3, 0.4) is 0 Å². The molecule has 0 amide bonds. The molecule has 154 valence electrons. The van der Waals surface area contributed by atoms with Crippen molar-refractivity contribution in [1.29, 1.82) is 5.26 Å². The molecule has 2 atom stereocenters. The zero-order valence-corrected chi connectivity index (χ0v) is 17.1. The quantitative estimate of drug-likeness (QED) is 0.794. The number of ether oxygens (including phenoxy) is 1. The Labute approximate surface area is 168 Å². The molecule has 0 bridgehead atoms. The van der Waals surface area contributed by atoms with Gasteiger partial charge in [-0.1, -0.05) is 0 Å². The topological polar surface area (TPSA) is 117 Å². The molecule has 4 rings (SSSR count). The molecule has 1 aliphatic heterocycles. The summed E-state index contributed by atoms with van der Waals surface area (Å²) in [7, 11) is 1.57. The van der Waals surface area contributed by atoms with Gasteiger partial charge in [0.05, 0.1) is 29.7 Å². The van der Waals surface area contributed by atoms with Gasteiger partial charge in [-0.05, 0) is 51.2 Å². The molecule has 3 N–H and O–H groups in total. The van der Waals surface area contributed by atoms with Crippen LogP contribution in [0.4, 0.5) is 5.69 Å². The van der Waals surface area contributed by atoms with Crippen molar-refractivity contribution in [3.8, 4) is 11.8 Å². The molecule has 2 fully saturated rings. The number of hydrogen-bond donors (Lipinski definition) is 2. The Balaban J connectivity index is 1.78. The number of aromatic amines is 1. The number of fused-ring (bicyclic) bond motifs is 1. The van der Waals surface area contributed by atoms with E-state index >= 15 is 0 Å². The number of benzene rings is 1. The smallest absolute Gasteiger partial charge is 0.329 e. The minimum atomic E-state index is -0.603. The average molecular weight is 397 g/mol. The fourth-order valence-electron chi connectivity index (χ4n) is 4.40. The van der Waals surface area contributed by atoms with Gasteiger partial charge in [-0.15, -0.1) is 0 Å². The third-order valence-electron chi connectivity index (χ3n) is 6.35. The Hall–Kier alpha value is -2.79. The van der Waals surface area contributed by atoms with Crippen LogP contribution in [0.2, 0.25) is 0 Å². The molecule has 0 radical (unpaired) electrons. The van der Waals surface area contributed by atoms with E-state index in [0.717, 1.165) is 31.5 Å². The third-order valence-corrected chi connectivity index (χ3v) is 6.35. The van der Waals surface area contributed by atoms with Crippen LogP contribution in [0, 0.1) is 22.7 Å². The highest BCUT2D eigenvalue weighted by Crippen LogP contribution is 2.42. The minimum Gasteiger partial charge on any atom is -0.492 e. The lowest BCUT2D eigenvalue weighted by Crippen LogP contribution is -2.43. The lowest BCUT2D eigenvalue weighted by molar-refractivity contribution is 0.294. The molecule has 2 heterocycles. The number of nitrogens with one attached hydrogen (secondary N) is 1. The second kappa shape index (κ2) is 6.92. The van der Waals surface area contributed by atoms with Gasteiger partial charge in [0.25, 0.3) is 5.56 Å². The first kappa shape index (κ1) is 19.5. The highest BCUT2D eigenvalue weighted by molar-refractivity contribution is 5.90. The van der Waals surface area contributed by atoms with Gasteiger partial charge in [0, 0.05) is 25.2 Å². The first-order chi connectivity index (χ1) is 13.8. The summed E-state index contributed by atoms with van der Waals surface area (Å²) in [6.45, 7) is 5.22. The number of aromatic nitrogens is 2. The van der Waals surface area contributed by atoms with Gasteiger partial charge in [0.15, 0.2) is 5.75 Å². The second-order valence-electron chi connectivity index (χ2n) is 8.73. The Morgan fingerprint density at radius 2 is 2.03 bits per heavy atom. The van der Waals surface area contributed by atoms with Crippen LogP contribution in [-0.4, -0.2) is 35.8 Å². The minimum absolute atomic E-state index is 0.0992. The first-order valence-corrected chi connectivity index (χ1v) is 10.1. The number of methoxy groups -OCH3 is 1. The average Bonchev–Trinajstić information content (AvgIpc) is 3.41. The molecule has 1 saturated carbocycles. The molecule has 2 aromatic rings. The number of nitriles is 1. The summed E-state index contributed by atoms with van der Waals surface area (Å²) in [5.74, 6) is 0.723. The number of hydrogen-bond acceptors (Lipinski definition) is 6. The Morgan fingerprint density at radius 3 is 2.66 bits per heavy atom. The number of nitrogens with two attached hydrogens (primary N) is 1. The lowest BCUT2D eigenvalue weighted by Gasteiger charge is -2.30. The van der Waals surface area contributed by atoms with E-state index < -0.39 is 16.7 Å². The maximum absolute atomic E-state index is 12.5. The largest absolute Gasteiger partial charge is 0.492 e. The molecule has 1 aliphatic carbocycles. The highest BCUT2D eigenvalue weighted by atomic mass is 16.5. The van der Waals surface area contributed by atoms with Crippen molar-refractivity contribution in [3.05, 3.63) is 33.0 Å². The van der Waals surface area contributed by atoms with E-state index in [4.69, 9.17) is 10.5 Å². The summed E-state index contributed by atoms with van der Waals surface area (Å²) in [6.07, 6.45) is 2.70. The third kappa shape index (κ3) is 3.19. The summed E-state index contributed by atoms with van der Waals surface area (Å²) in [5.41, 5.74) is 6.43. The first-order valence-electron chi connectivity index (χ1n) is 10.1. The molecular formula is C21H27N5O3. The number of rotatable bonds is 5. The van der Waals surface area contributed by atoms with Crippen LogP contribution in [0.15, 0.2) is 21.7 Å². The second-order valence-corrected chi connectivity index (χ2v) is 8.73. The maximum Gasteiger partial charge on any atom is 0.329 e. The predicted molar refractivity (Wildman–Crippen MR) is 111 cm³/mol. The molecule has 2 aliphatic rings. The van der Waals surface area contributed by atoms with E-state index in [0.29, 0.717) is 23.2 Å². The van der Waals surface area contributed by atoms with Gasteiger partial charge in [-0.2, -0.15) is 5.26 Å². The van der Waals surface area contributed by atoms with Gasteiger partial charge in [0.1, 0.15) is 5.52 Å². The van der Waals surface area contributed by atoms with E-state index in [2.05, 4.69) is 16.0 Å². The van der Waals surface area contributed by atoms with E-state index in [1.165, 1.54) is 0 Å².